The number of ether oxygens (including phenoxy) is 2. The number of nitrogens with two attached hydrogens (primary N) is 1. The van der Waals surface area contributed by atoms with E-state index >= 15 is 0 Å². The maximum absolute atomic E-state index is 12.4. The molecule has 0 unspecified atom stereocenters. The van der Waals surface area contributed by atoms with Crippen LogP contribution in [0.1, 0.15) is 32.3 Å². The van der Waals surface area contributed by atoms with Crippen LogP contribution in [-0.2, 0) is 16.0 Å². The van der Waals surface area contributed by atoms with Gasteiger partial charge in [-0.15, -0.1) is 12.4 Å². The highest BCUT2D eigenvalue weighted by Gasteiger charge is 2.36. The van der Waals surface area contributed by atoms with E-state index in [9.17, 15) is 4.79 Å². The molecule has 122 valence electrons. The molecule has 2 heterocycles. The molecule has 6 heteroatoms. The molecule has 1 fully saturated rings. The zero-order chi connectivity index (χ0) is 15.1. The van der Waals surface area contributed by atoms with Gasteiger partial charge in [0.15, 0.2) is 0 Å². The minimum absolute atomic E-state index is 0. The molecule has 0 saturated carbocycles. The number of benzene rings is 1. The number of fused-ring (bicyclic) bond motifs is 1. The number of carbonyl (C=O) groups excluding carboxylic acids is 1. The number of amides is 1. The quantitative estimate of drug-likeness (QED) is 0.874. The van der Waals surface area contributed by atoms with Crippen LogP contribution in [0.3, 0.4) is 0 Å². The maximum Gasteiger partial charge on any atom is 0.244 e. The van der Waals surface area contributed by atoms with Crippen LogP contribution < -0.4 is 15.8 Å². The molecule has 3 N–H and O–H groups in total. The van der Waals surface area contributed by atoms with Crippen molar-refractivity contribution in [2.75, 3.05) is 18.5 Å². The van der Waals surface area contributed by atoms with Crippen molar-refractivity contribution in [2.24, 2.45) is 5.73 Å². The van der Waals surface area contributed by atoms with Crippen LogP contribution >= 0.6 is 12.4 Å². The Balaban J connectivity index is 0.00000176. The van der Waals surface area contributed by atoms with E-state index in [2.05, 4.69) is 19.2 Å². The average Bonchev–Trinajstić information content (AvgIpc) is 2.72. The molecule has 1 saturated heterocycles. The molecule has 1 aromatic carbocycles. The van der Waals surface area contributed by atoms with Crippen LogP contribution in [0, 0.1) is 0 Å². The highest BCUT2D eigenvalue weighted by Crippen LogP contribution is 2.36. The van der Waals surface area contributed by atoms with E-state index in [1.54, 1.807) is 0 Å². The maximum atomic E-state index is 12.4. The van der Waals surface area contributed by atoms with Gasteiger partial charge >= 0.3 is 0 Å². The molecule has 2 aliphatic heterocycles. The van der Waals surface area contributed by atoms with E-state index < -0.39 is 5.54 Å². The van der Waals surface area contributed by atoms with Gasteiger partial charge in [0, 0.05) is 30.9 Å². The summed E-state index contributed by atoms with van der Waals surface area (Å²) in [7, 11) is 0. The lowest BCUT2D eigenvalue weighted by atomic mass is 9.90. The van der Waals surface area contributed by atoms with Crippen molar-refractivity contribution in [3.05, 3.63) is 23.8 Å². The Morgan fingerprint density at radius 3 is 2.64 bits per heavy atom. The van der Waals surface area contributed by atoms with Crippen LogP contribution in [0.5, 0.6) is 5.75 Å². The molecule has 0 atom stereocenters. The summed E-state index contributed by atoms with van der Waals surface area (Å²) in [6.07, 6.45) is 1.95. The van der Waals surface area contributed by atoms with Crippen LogP contribution in [0.25, 0.3) is 0 Å². The van der Waals surface area contributed by atoms with Gasteiger partial charge in [0.05, 0.1) is 0 Å². The lowest BCUT2D eigenvalue weighted by Crippen LogP contribution is -2.54. The summed E-state index contributed by atoms with van der Waals surface area (Å²) < 4.78 is 11.1. The van der Waals surface area contributed by atoms with Crippen LogP contribution in [0.2, 0.25) is 0 Å². The fourth-order valence-corrected chi connectivity index (χ4v) is 2.91. The summed E-state index contributed by atoms with van der Waals surface area (Å²) in [5, 5.41) is 2.93. The Bertz CT molecular complexity index is 569. The van der Waals surface area contributed by atoms with Crippen molar-refractivity contribution in [2.45, 2.75) is 44.2 Å². The molecule has 3 rings (SSSR count). The average molecular weight is 327 g/mol. The summed E-state index contributed by atoms with van der Waals surface area (Å²) >= 11 is 0. The molecule has 1 amide bonds. The molecule has 0 aliphatic carbocycles. The number of rotatable bonds is 2. The monoisotopic (exact) mass is 326 g/mol. The number of carbonyl (C=O) groups is 1. The predicted molar refractivity (Wildman–Crippen MR) is 87.7 cm³/mol. The number of hydrogen-bond acceptors (Lipinski definition) is 4. The molecule has 1 aromatic rings. The molecule has 0 bridgehead atoms. The Hall–Kier alpha value is -1.30. The van der Waals surface area contributed by atoms with Crippen molar-refractivity contribution >= 4 is 24.0 Å². The zero-order valence-corrected chi connectivity index (χ0v) is 13.8. The Morgan fingerprint density at radius 2 is 1.95 bits per heavy atom. The fourth-order valence-electron chi connectivity index (χ4n) is 2.91. The van der Waals surface area contributed by atoms with Crippen molar-refractivity contribution in [1.82, 2.24) is 0 Å². The van der Waals surface area contributed by atoms with Crippen LogP contribution in [0.4, 0.5) is 5.69 Å². The summed E-state index contributed by atoms with van der Waals surface area (Å²) in [5.41, 5.74) is 7.08. The molecule has 0 spiro atoms. The summed E-state index contributed by atoms with van der Waals surface area (Å²) in [6.45, 7) is 5.19. The van der Waals surface area contributed by atoms with Gasteiger partial charge < -0.3 is 20.5 Å². The van der Waals surface area contributed by atoms with E-state index in [0.717, 1.165) is 23.4 Å². The highest BCUT2D eigenvalue weighted by atomic mass is 35.5. The molecule has 22 heavy (non-hydrogen) atoms. The van der Waals surface area contributed by atoms with Gasteiger partial charge in [-0.3, -0.25) is 4.79 Å². The predicted octanol–water partition coefficient (Wildman–Crippen LogP) is 2.27. The van der Waals surface area contributed by atoms with E-state index in [1.807, 2.05) is 18.2 Å². The number of nitrogens with one attached hydrogen (secondary N) is 1. The smallest absolute Gasteiger partial charge is 0.244 e. The first-order valence-electron chi connectivity index (χ1n) is 7.38. The van der Waals surface area contributed by atoms with E-state index in [-0.39, 0.29) is 23.9 Å². The third-order valence-electron chi connectivity index (χ3n) is 4.16. The second-order valence-corrected chi connectivity index (χ2v) is 6.58. The highest BCUT2D eigenvalue weighted by molar-refractivity contribution is 5.98. The first-order chi connectivity index (χ1) is 9.88. The van der Waals surface area contributed by atoms with Gasteiger partial charge in [-0.1, -0.05) is 0 Å². The van der Waals surface area contributed by atoms with Gasteiger partial charge in [-0.25, -0.2) is 0 Å². The SMILES string of the molecule is CC1(C)Cc2cc(NC(=O)C3(N)CCOCC3)ccc2O1.Cl. The van der Waals surface area contributed by atoms with Crippen LogP contribution in [0.15, 0.2) is 18.2 Å². The number of anilines is 1. The van der Waals surface area contributed by atoms with Gasteiger partial charge in [0.2, 0.25) is 5.91 Å². The molecule has 2 aliphatic rings. The summed E-state index contributed by atoms with van der Waals surface area (Å²) in [4.78, 5) is 12.4. The Morgan fingerprint density at radius 1 is 1.27 bits per heavy atom. The molecule has 5 nitrogen and oxygen atoms in total. The molecular formula is C16H23ClN2O3. The molecule has 0 radical (unpaired) electrons. The number of hydrogen-bond donors (Lipinski definition) is 2. The van der Waals surface area contributed by atoms with Crippen LogP contribution in [-0.4, -0.2) is 30.3 Å². The second kappa shape index (κ2) is 6.07. The molecular weight excluding hydrogens is 304 g/mol. The number of halogens is 1. The lowest BCUT2D eigenvalue weighted by Gasteiger charge is -2.31. The standard InChI is InChI=1S/C16H22N2O3.ClH/c1-15(2)10-11-9-12(3-4-13(11)21-15)18-14(19)16(17)5-7-20-8-6-16;/h3-4,9H,5-8,10,17H2,1-2H3,(H,18,19);1H. The first kappa shape index (κ1) is 17.1. The normalized spacial score (nSPS) is 21.2. The van der Waals surface area contributed by atoms with Crippen molar-refractivity contribution in [1.29, 1.82) is 0 Å². The van der Waals surface area contributed by atoms with E-state index in [0.29, 0.717) is 26.1 Å². The third kappa shape index (κ3) is 3.37. The van der Waals surface area contributed by atoms with E-state index in [1.165, 1.54) is 0 Å². The minimum atomic E-state index is -0.826. The van der Waals surface area contributed by atoms with Crippen molar-refractivity contribution in [3.63, 3.8) is 0 Å². The fraction of sp³-hybridized carbons (Fsp3) is 0.562. The van der Waals surface area contributed by atoms with Crippen molar-refractivity contribution in [3.8, 4) is 5.75 Å². The van der Waals surface area contributed by atoms with Gasteiger partial charge in [0.1, 0.15) is 16.9 Å². The Labute approximate surface area is 137 Å². The van der Waals surface area contributed by atoms with E-state index in [4.69, 9.17) is 15.2 Å². The van der Waals surface area contributed by atoms with Gasteiger partial charge in [-0.2, -0.15) is 0 Å². The lowest BCUT2D eigenvalue weighted by molar-refractivity contribution is -0.124. The molecule has 0 aromatic heterocycles. The minimum Gasteiger partial charge on any atom is -0.487 e. The first-order valence-corrected chi connectivity index (χ1v) is 7.38. The zero-order valence-electron chi connectivity index (χ0n) is 13.0. The summed E-state index contributed by atoms with van der Waals surface area (Å²) in [6, 6.07) is 5.75. The Kier molecular flexibility index (Phi) is 4.70. The second-order valence-electron chi connectivity index (χ2n) is 6.58. The van der Waals surface area contributed by atoms with Gasteiger partial charge in [-0.05, 0) is 44.9 Å². The largest absolute Gasteiger partial charge is 0.487 e. The van der Waals surface area contributed by atoms with Gasteiger partial charge in [0.25, 0.3) is 0 Å². The third-order valence-corrected chi connectivity index (χ3v) is 4.16. The summed E-state index contributed by atoms with van der Waals surface area (Å²) in [5.74, 6) is 0.760. The van der Waals surface area contributed by atoms with Crippen molar-refractivity contribution < 1.29 is 14.3 Å². The topological polar surface area (TPSA) is 73.6 Å².